The van der Waals surface area contributed by atoms with Crippen molar-refractivity contribution in [2.24, 2.45) is 0 Å². The van der Waals surface area contributed by atoms with Gasteiger partial charge in [-0.3, -0.25) is 0 Å². The lowest BCUT2D eigenvalue weighted by molar-refractivity contribution is 0.195. The number of β-amino-alcohol motifs (C(OH)–C–C–N with tert-alkyl or cyclic N) is 1. The number of methoxy groups -OCH3 is 1. The average molecular weight is 244 g/mol. The van der Waals surface area contributed by atoms with Gasteiger partial charge < -0.3 is 15.2 Å². The summed E-state index contributed by atoms with van der Waals surface area (Å²) in [5.41, 5.74) is 1.78. The molecule has 0 aliphatic carbocycles. The largest absolute Gasteiger partial charge is 0.496 e. The number of hydrogen-bond donors (Lipinski definition) is 2. The number of nitrogens with one attached hydrogen (secondary N) is 1. The van der Waals surface area contributed by atoms with Crippen molar-refractivity contribution in [3.05, 3.63) is 22.2 Å². The van der Waals surface area contributed by atoms with Crippen molar-refractivity contribution in [1.82, 2.24) is 0 Å². The first-order valence-corrected chi connectivity index (χ1v) is 4.81. The van der Waals surface area contributed by atoms with Crippen LogP contribution >= 0.6 is 15.9 Å². The highest BCUT2D eigenvalue weighted by atomic mass is 79.9. The van der Waals surface area contributed by atoms with Gasteiger partial charge in [0.25, 0.3) is 0 Å². The second kappa shape index (κ2) is 3.20. The van der Waals surface area contributed by atoms with E-state index < -0.39 is 6.10 Å². The van der Waals surface area contributed by atoms with Crippen molar-refractivity contribution in [2.45, 2.75) is 6.10 Å². The second-order valence-corrected chi connectivity index (χ2v) is 3.79. The Bertz CT molecular complexity index is 341. The lowest BCUT2D eigenvalue weighted by atomic mass is 10.1. The zero-order valence-corrected chi connectivity index (χ0v) is 8.76. The topological polar surface area (TPSA) is 41.5 Å². The summed E-state index contributed by atoms with van der Waals surface area (Å²) < 4.78 is 6.12. The molecule has 0 radical (unpaired) electrons. The van der Waals surface area contributed by atoms with Crippen molar-refractivity contribution in [1.29, 1.82) is 0 Å². The molecule has 0 saturated heterocycles. The molecule has 13 heavy (non-hydrogen) atoms. The number of rotatable bonds is 1. The third-order valence-corrected chi connectivity index (χ3v) is 2.84. The van der Waals surface area contributed by atoms with E-state index >= 15 is 0 Å². The first-order valence-electron chi connectivity index (χ1n) is 4.02. The summed E-state index contributed by atoms with van der Waals surface area (Å²) in [6.07, 6.45) is -0.470. The van der Waals surface area contributed by atoms with Gasteiger partial charge >= 0.3 is 0 Å². The molecule has 0 amide bonds. The minimum atomic E-state index is -0.470. The fourth-order valence-electron chi connectivity index (χ4n) is 1.56. The van der Waals surface area contributed by atoms with Gasteiger partial charge in [0.2, 0.25) is 0 Å². The fourth-order valence-corrected chi connectivity index (χ4v) is 2.05. The summed E-state index contributed by atoms with van der Waals surface area (Å²) in [7, 11) is 1.61. The van der Waals surface area contributed by atoms with Crippen molar-refractivity contribution in [3.8, 4) is 5.75 Å². The normalized spacial score (nSPS) is 19.5. The molecule has 2 N–H and O–H groups in total. The van der Waals surface area contributed by atoms with Crippen LogP contribution < -0.4 is 10.1 Å². The van der Waals surface area contributed by atoms with Crippen LogP contribution in [0.2, 0.25) is 0 Å². The first-order chi connectivity index (χ1) is 6.24. The van der Waals surface area contributed by atoms with Crippen LogP contribution in [0.15, 0.2) is 16.6 Å². The summed E-state index contributed by atoms with van der Waals surface area (Å²) >= 11 is 3.41. The van der Waals surface area contributed by atoms with Gasteiger partial charge in [-0.25, -0.2) is 0 Å². The monoisotopic (exact) mass is 243 g/mol. The van der Waals surface area contributed by atoms with Crippen LogP contribution in [0.4, 0.5) is 5.69 Å². The standard InChI is InChI=1S/C9H10BrNO2/c1-13-7-3-2-5(10)9-8(7)6(12)4-11-9/h2-3,6,11-12H,4H2,1H3. The van der Waals surface area contributed by atoms with E-state index in [0.29, 0.717) is 6.54 Å². The Labute approximate surface area is 84.8 Å². The molecule has 1 aliphatic rings. The number of aliphatic hydroxyl groups is 1. The van der Waals surface area contributed by atoms with Crippen molar-refractivity contribution in [2.75, 3.05) is 19.0 Å². The lowest BCUT2D eigenvalue weighted by Gasteiger charge is -2.09. The zero-order valence-electron chi connectivity index (χ0n) is 7.17. The van der Waals surface area contributed by atoms with E-state index in [1.807, 2.05) is 12.1 Å². The number of halogens is 1. The molecule has 0 aromatic heterocycles. The van der Waals surface area contributed by atoms with Gasteiger partial charge in [0.15, 0.2) is 0 Å². The van der Waals surface area contributed by atoms with Crippen LogP contribution in [0.25, 0.3) is 0 Å². The Balaban J connectivity index is 2.60. The van der Waals surface area contributed by atoms with Crippen molar-refractivity contribution < 1.29 is 9.84 Å². The van der Waals surface area contributed by atoms with Crippen LogP contribution in [0.5, 0.6) is 5.75 Å². The third-order valence-electron chi connectivity index (χ3n) is 2.18. The summed E-state index contributed by atoms with van der Waals surface area (Å²) in [6.45, 7) is 0.550. The Kier molecular flexibility index (Phi) is 2.17. The van der Waals surface area contributed by atoms with Crippen molar-refractivity contribution in [3.63, 3.8) is 0 Å². The highest BCUT2D eigenvalue weighted by Crippen LogP contribution is 2.41. The highest BCUT2D eigenvalue weighted by molar-refractivity contribution is 9.10. The van der Waals surface area contributed by atoms with E-state index in [1.54, 1.807) is 7.11 Å². The molecule has 0 spiro atoms. The van der Waals surface area contributed by atoms with E-state index in [-0.39, 0.29) is 0 Å². The Morgan fingerprint density at radius 3 is 3.08 bits per heavy atom. The lowest BCUT2D eigenvalue weighted by Crippen LogP contribution is -2.00. The van der Waals surface area contributed by atoms with Crippen LogP contribution in [-0.2, 0) is 0 Å². The molecule has 3 nitrogen and oxygen atoms in total. The molecular weight excluding hydrogens is 234 g/mol. The van der Waals surface area contributed by atoms with Crippen LogP contribution in [0, 0.1) is 0 Å². The molecular formula is C9H10BrNO2. The molecule has 1 aromatic rings. The Morgan fingerprint density at radius 1 is 1.62 bits per heavy atom. The van der Waals surface area contributed by atoms with Gasteiger partial charge in [0.05, 0.1) is 12.8 Å². The van der Waals surface area contributed by atoms with E-state index in [0.717, 1.165) is 21.5 Å². The number of hydrogen-bond acceptors (Lipinski definition) is 3. The number of aliphatic hydroxyl groups excluding tert-OH is 1. The molecule has 1 unspecified atom stereocenters. The number of ether oxygens (including phenoxy) is 1. The van der Waals surface area contributed by atoms with Crippen LogP contribution in [0.1, 0.15) is 11.7 Å². The number of benzene rings is 1. The van der Waals surface area contributed by atoms with E-state index in [4.69, 9.17) is 4.74 Å². The minimum Gasteiger partial charge on any atom is -0.496 e. The summed E-state index contributed by atoms with van der Waals surface area (Å²) in [6, 6.07) is 3.75. The Hall–Kier alpha value is -0.740. The van der Waals surface area contributed by atoms with Crippen molar-refractivity contribution >= 4 is 21.6 Å². The molecule has 1 atom stereocenters. The maximum atomic E-state index is 9.65. The molecule has 70 valence electrons. The van der Waals surface area contributed by atoms with Crippen LogP contribution in [0.3, 0.4) is 0 Å². The molecule has 1 aliphatic heterocycles. The zero-order chi connectivity index (χ0) is 9.42. The van der Waals surface area contributed by atoms with Gasteiger partial charge in [0.1, 0.15) is 11.9 Å². The van der Waals surface area contributed by atoms with Gasteiger partial charge in [-0.2, -0.15) is 0 Å². The van der Waals surface area contributed by atoms with Gasteiger partial charge in [-0.05, 0) is 28.1 Å². The molecule has 0 saturated carbocycles. The molecule has 1 aromatic carbocycles. The maximum absolute atomic E-state index is 9.65. The quantitative estimate of drug-likeness (QED) is 0.792. The summed E-state index contributed by atoms with van der Waals surface area (Å²) in [4.78, 5) is 0. The minimum absolute atomic E-state index is 0.470. The van der Waals surface area contributed by atoms with Gasteiger partial charge in [-0.15, -0.1) is 0 Å². The molecule has 0 bridgehead atoms. The first kappa shape index (κ1) is 8.84. The summed E-state index contributed by atoms with van der Waals surface area (Å²) in [5, 5.41) is 12.8. The van der Waals surface area contributed by atoms with Gasteiger partial charge in [0, 0.05) is 16.6 Å². The maximum Gasteiger partial charge on any atom is 0.126 e. The summed E-state index contributed by atoms with van der Waals surface area (Å²) in [5.74, 6) is 0.732. The van der Waals surface area contributed by atoms with E-state index in [1.165, 1.54) is 0 Å². The molecule has 1 heterocycles. The Morgan fingerprint density at radius 2 is 2.38 bits per heavy atom. The fraction of sp³-hybridized carbons (Fsp3) is 0.333. The smallest absolute Gasteiger partial charge is 0.126 e. The van der Waals surface area contributed by atoms with Crippen LogP contribution in [-0.4, -0.2) is 18.8 Å². The van der Waals surface area contributed by atoms with E-state index in [9.17, 15) is 5.11 Å². The molecule has 4 heteroatoms. The predicted octanol–water partition coefficient (Wildman–Crippen LogP) is 1.92. The molecule has 0 fully saturated rings. The van der Waals surface area contributed by atoms with E-state index in [2.05, 4.69) is 21.2 Å². The average Bonchev–Trinajstić information content (AvgIpc) is 2.51. The highest BCUT2D eigenvalue weighted by Gasteiger charge is 2.25. The number of fused-ring (bicyclic) bond motifs is 1. The van der Waals surface area contributed by atoms with Gasteiger partial charge in [-0.1, -0.05) is 0 Å². The third kappa shape index (κ3) is 1.30. The SMILES string of the molecule is COc1ccc(Br)c2c1C(O)CN2. The predicted molar refractivity (Wildman–Crippen MR) is 54.1 cm³/mol. The number of anilines is 1. The second-order valence-electron chi connectivity index (χ2n) is 2.94. The molecule has 2 rings (SSSR count).